The van der Waals surface area contributed by atoms with E-state index in [2.05, 4.69) is 5.32 Å². The Kier molecular flexibility index (Phi) is 6.86. The van der Waals surface area contributed by atoms with Crippen LogP contribution in [0, 0.1) is 12.7 Å². The molecule has 0 aliphatic heterocycles. The Morgan fingerprint density at radius 2 is 2.11 bits per heavy atom. The van der Waals surface area contributed by atoms with Gasteiger partial charge in [-0.15, -0.1) is 0 Å². The molecule has 1 atom stereocenters. The fourth-order valence-corrected chi connectivity index (χ4v) is 1.91. The van der Waals surface area contributed by atoms with E-state index in [0.29, 0.717) is 12.1 Å². The highest BCUT2D eigenvalue weighted by Gasteiger charge is 2.09. The molecule has 4 N–H and O–H groups in total. The van der Waals surface area contributed by atoms with Gasteiger partial charge >= 0.3 is 0 Å². The average Bonchev–Trinajstić information content (AvgIpc) is 2.37. The number of unbranched alkanes of at least 4 members (excludes halogenated alkanes) is 2. The van der Waals surface area contributed by atoms with E-state index in [0.717, 1.165) is 31.4 Å². The molecule has 0 aliphatic carbocycles. The van der Waals surface area contributed by atoms with Crippen molar-refractivity contribution >= 4 is 0 Å². The van der Waals surface area contributed by atoms with Gasteiger partial charge in [0.2, 0.25) is 0 Å². The van der Waals surface area contributed by atoms with Gasteiger partial charge in [-0.1, -0.05) is 12.1 Å². The van der Waals surface area contributed by atoms with Crippen LogP contribution in [-0.4, -0.2) is 24.8 Å². The molecule has 0 aliphatic rings. The Morgan fingerprint density at radius 1 is 1.33 bits per heavy atom. The zero-order valence-electron chi connectivity index (χ0n) is 11.0. The Hall–Kier alpha value is -0.970. The maximum atomic E-state index is 13.2. The first-order chi connectivity index (χ1) is 8.69. The third-order valence-corrected chi connectivity index (χ3v) is 3.05. The number of hydrogen-bond donors (Lipinski definition) is 3. The van der Waals surface area contributed by atoms with E-state index in [4.69, 9.17) is 10.8 Å². The molecular weight excluding hydrogens is 231 g/mol. The van der Waals surface area contributed by atoms with E-state index in [9.17, 15) is 4.39 Å². The maximum Gasteiger partial charge on any atom is 0.126 e. The van der Waals surface area contributed by atoms with E-state index >= 15 is 0 Å². The standard InChI is InChI=1S/C14H23FN2O/c1-11-9-12(5-6-13(11)15)14(10-16)17-7-3-2-4-8-18/h5-6,9,14,17-18H,2-4,7-8,10,16H2,1H3. The van der Waals surface area contributed by atoms with Gasteiger partial charge in [-0.05, 0) is 49.9 Å². The molecule has 3 nitrogen and oxygen atoms in total. The molecule has 1 rings (SSSR count). The van der Waals surface area contributed by atoms with Crippen LogP contribution < -0.4 is 11.1 Å². The number of aryl methyl sites for hydroxylation is 1. The molecule has 0 amide bonds. The number of rotatable bonds is 8. The third kappa shape index (κ3) is 4.72. The normalized spacial score (nSPS) is 12.7. The minimum absolute atomic E-state index is 0.0680. The number of aliphatic hydroxyl groups is 1. The zero-order chi connectivity index (χ0) is 13.4. The lowest BCUT2D eigenvalue weighted by atomic mass is 10.0. The van der Waals surface area contributed by atoms with Crippen LogP contribution in [0.2, 0.25) is 0 Å². The quantitative estimate of drug-likeness (QED) is 0.621. The minimum atomic E-state index is -0.183. The van der Waals surface area contributed by atoms with E-state index in [1.807, 2.05) is 6.07 Å². The van der Waals surface area contributed by atoms with Gasteiger partial charge in [0.1, 0.15) is 5.82 Å². The molecule has 0 fully saturated rings. The second-order valence-corrected chi connectivity index (χ2v) is 4.54. The van der Waals surface area contributed by atoms with Gasteiger partial charge < -0.3 is 16.2 Å². The largest absolute Gasteiger partial charge is 0.396 e. The highest BCUT2D eigenvalue weighted by molar-refractivity contribution is 5.26. The van der Waals surface area contributed by atoms with Crippen molar-refractivity contribution in [2.24, 2.45) is 5.73 Å². The minimum Gasteiger partial charge on any atom is -0.396 e. The Balaban J connectivity index is 2.47. The van der Waals surface area contributed by atoms with Gasteiger partial charge in [0.25, 0.3) is 0 Å². The summed E-state index contributed by atoms with van der Waals surface area (Å²) in [6.07, 6.45) is 2.85. The van der Waals surface area contributed by atoms with E-state index < -0.39 is 0 Å². The van der Waals surface area contributed by atoms with Gasteiger partial charge in [-0.3, -0.25) is 0 Å². The fraction of sp³-hybridized carbons (Fsp3) is 0.571. The predicted octanol–water partition coefficient (Wildman–Crippen LogP) is 1.89. The number of halogens is 1. The number of aliphatic hydroxyl groups excluding tert-OH is 1. The van der Waals surface area contributed by atoms with Crippen LogP contribution in [0.1, 0.15) is 36.4 Å². The molecule has 18 heavy (non-hydrogen) atoms. The summed E-state index contributed by atoms with van der Waals surface area (Å²) in [5.74, 6) is -0.183. The summed E-state index contributed by atoms with van der Waals surface area (Å²) < 4.78 is 13.2. The van der Waals surface area contributed by atoms with Crippen molar-refractivity contribution in [1.82, 2.24) is 5.32 Å². The zero-order valence-corrected chi connectivity index (χ0v) is 11.0. The summed E-state index contributed by atoms with van der Waals surface area (Å²) in [5, 5.41) is 12.0. The van der Waals surface area contributed by atoms with Gasteiger partial charge in [-0.2, -0.15) is 0 Å². The molecular formula is C14H23FN2O. The molecule has 0 radical (unpaired) electrons. The van der Waals surface area contributed by atoms with Crippen molar-refractivity contribution < 1.29 is 9.50 Å². The number of benzene rings is 1. The van der Waals surface area contributed by atoms with Crippen LogP contribution >= 0.6 is 0 Å². The lowest BCUT2D eigenvalue weighted by Crippen LogP contribution is -2.29. The van der Waals surface area contributed by atoms with Crippen LogP contribution in [0.15, 0.2) is 18.2 Å². The summed E-state index contributed by atoms with van der Waals surface area (Å²) >= 11 is 0. The van der Waals surface area contributed by atoms with Crippen LogP contribution in [-0.2, 0) is 0 Å². The van der Waals surface area contributed by atoms with Gasteiger partial charge in [0.05, 0.1) is 0 Å². The first kappa shape index (κ1) is 15.1. The summed E-state index contributed by atoms with van der Waals surface area (Å²) in [7, 11) is 0. The lowest BCUT2D eigenvalue weighted by molar-refractivity contribution is 0.282. The second kappa shape index (κ2) is 8.19. The lowest BCUT2D eigenvalue weighted by Gasteiger charge is -2.18. The van der Waals surface area contributed by atoms with E-state index in [1.165, 1.54) is 6.07 Å². The molecule has 0 spiro atoms. The second-order valence-electron chi connectivity index (χ2n) is 4.54. The van der Waals surface area contributed by atoms with Gasteiger partial charge in [0, 0.05) is 19.2 Å². The summed E-state index contributed by atoms with van der Waals surface area (Å²) in [5.41, 5.74) is 7.41. The summed E-state index contributed by atoms with van der Waals surface area (Å²) in [6, 6.07) is 5.17. The first-order valence-electron chi connectivity index (χ1n) is 6.49. The maximum absolute atomic E-state index is 13.2. The van der Waals surface area contributed by atoms with Crippen LogP contribution in [0.25, 0.3) is 0 Å². The van der Waals surface area contributed by atoms with Crippen molar-refractivity contribution in [2.45, 2.75) is 32.2 Å². The monoisotopic (exact) mass is 254 g/mol. The molecule has 4 heteroatoms. The predicted molar refractivity (Wildman–Crippen MR) is 71.9 cm³/mol. The van der Waals surface area contributed by atoms with E-state index in [-0.39, 0.29) is 18.5 Å². The van der Waals surface area contributed by atoms with Gasteiger partial charge in [-0.25, -0.2) is 4.39 Å². The average molecular weight is 254 g/mol. The topological polar surface area (TPSA) is 58.3 Å². The SMILES string of the molecule is Cc1cc(C(CN)NCCCCCO)ccc1F. The molecule has 0 heterocycles. The summed E-state index contributed by atoms with van der Waals surface area (Å²) in [4.78, 5) is 0. The Morgan fingerprint density at radius 3 is 2.72 bits per heavy atom. The third-order valence-electron chi connectivity index (χ3n) is 3.05. The molecule has 0 saturated carbocycles. The highest BCUT2D eigenvalue weighted by Crippen LogP contribution is 2.16. The highest BCUT2D eigenvalue weighted by atomic mass is 19.1. The van der Waals surface area contributed by atoms with Crippen molar-refractivity contribution in [1.29, 1.82) is 0 Å². The Bertz CT molecular complexity index is 358. The first-order valence-corrected chi connectivity index (χ1v) is 6.49. The van der Waals surface area contributed by atoms with Crippen molar-refractivity contribution in [2.75, 3.05) is 19.7 Å². The molecule has 1 aromatic rings. The van der Waals surface area contributed by atoms with Crippen molar-refractivity contribution in [3.63, 3.8) is 0 Å². The Labute approximate surface area is 108 Å². The number of nitrogens with one attached hydrogen (secondary N) is 1. The van der Waals surface area contributed by atoms with Gasteiger partial charge in [0.15, 0.2) is 0 Å². The van der Waals surface area contributed by atoms with Crippen LogP contribution in [0.4, 0.5) is 4.39 Å². The van der Waals surface area contributed by atoms with Crippen molar-refractivity contribution in [3.8, 4) is 0 Å². The van der Waals surface area contributed by atoms with Crippen LogP contribution in [0.5, 0.6) is 0 Å². The molecule has 102 valence electrons. The number of nitrogens with two attached hydrogens (primary N) is 1. The smallest absolute Gasteiger partial charge is 0.126 e. The summed E-state index contributed by atoms with van der Waals surface area (Å²) in [6.45, 7) is 3.36. The van der Waals surface area contributed by atoms with Crippen molar-refractivity contribution in [3.05, 3.63) is 35.1 Å². The van der Waals surface area contributed by atoms with E-state index in [1.54, 1.807) is 13.0 Å². The molecule has 1 aromatic carbocycles. The fourth-order valence-electron chi connectivity index (χ4n) is 1.91. The molecule has 1 unspecified atom stereocenters. The molecule has 0 aromatic heterocycles. The van der Waals surface area contributed by atoms with Crippen LogP contribution in [0.3, 0.4) is 0 Å². The molecule has 0 saturated heterocycles. The molecule has 0 bridgehead atoms. The number of hydrogen-bond acceptors (Lipinski definition) is 3.